The highest BCUT2D eigenvalue weighted by Gasteiger charge is 2.17. The average Bonchev–Trinajstić information content (AvgIpc) is 3.45. The number of nitrogens with zero attached hydrogens (tertiary/aromatic N) is 6. The lowest BCUT2D eigenvalue weighted by atomic mass is 10.1. The molecule has 0 unspecified atom stereocenters. The maximum absolute atomic E-state index is 5.55. The highest BCUT2D eigenvalue weighted by molar-refractivity contribution is 5.58. The third-order valence-electron chi connectivity index (χ3n) is 5.94. The Morgan fingerprint density at radius 1 is 1.00 bits per heavy atom. The zero-order valence-electron chi connectivity index (χ0n) is 20.8. The minimum Gasteiger partial charge on any atom is -0.373 e. The highest BCUT2D eigenvalue weighted by Crippen LogP contribution is 2.23. The molecule has 3 aromatic heterocycles. The minimum atomic E-state index is 0.412. The van der Waals surface area contributed by atoms with Gasteiger partial charge in [-0.3, -0.25) is 9.58 Å². The van der Waals surface area contributed by atoms with Crippen LogP contribution in [0.15, 0.2) is 53.2 Å². The SMILES string of the molecule is CNc1ccc(Cn2nc(-c3nc(-c4ccc(CN(C(C)C)C(C)C)cc4)no3)cc2C)cn1. The molecule has 178 valence electrons. The topological polar surface area (TPSA) is 84.9 Å². The molecule has 0 saturated carbocycles. The van der Waals surface area contributed by atoms with E-state index in [0.717, 1.165) is 29.2 Å². The zero-order valence-corrected chi connectivity index (χ0v) is 20.8. The van der Waals surface area contributed by atoms with E-state index < -0.39 is 0 Å². The Hall–Kier alpha value is -3.52. The van der Waals surface area contributed by atoms with Crippen molar-refractivity contribution in [1.29, 1.82) is 0 Å². The van der Waals surface area contributed by atoms with Crippen molar-refractivity contribution < 1.29 is 4.52 Å². The Bertz CT molecular complexity index is 1200. The normalized spacial score (nSPS) is 11.7. The Kier molecular flexibility index (Phi) is 7.07. The molecule has 0 amide bonds. The summed E-state index contributed by atoms with van der Waals surface area (Å²) in [5.41, 5.74) is 4.93. The van der Waals surface area contributed by atoms with E-state index in [1.54, 1.807) is 0 Å². The van der Waals surface area contributed by atoms with Gasteiger partial charge in [-0.05, 0) is 57.9 Å². The molecule has 0 fully saturated rings. The van der Waals surface area contributed by atoms with Gasteiger partial charge in [-0.1, -0.05) is 35.5 Å². The quantitative estimate of drug-likeness (QED) is 0.376. The van der Waals surface area contributed by atoms with Crippen LogP contribution >= 0.6 is 0 Å². The number of nitrogens with one attached hydrogen (secondary N) is 1. The Morgan fingerprint density at radius 3 is 2.32 bits per heavy atom. The van der Waals surface area contributed by atoms with E-state index in [1.807, 2.05) is 43.0 Å². The number of rotatable bonds is 9. The molecule has 4 rings (SSSR count). The smallest absolute Gasteiger partial charge is 0.278 e. The fourth-order valence-electron chi connectivity index (χ4n) is 3.99. The Morgan fingerprint density at radius 2 is 1.71 bits per heavy atom. The second kappa shape index (κ2) is 10.2. The third-order valence-corrected chi connectivity index (χ3v) is 5.94. The fourth-order valence-corrected chi connectivity index (χ4v) is 3.99. The number of aromatic nitrogens is 5. The van der Waals surface area contributed by atoms with Crippen LogP contribution in [0.25, 0.3) is 23.0 Å². The van der Waals surface area contributed by atoms with Crippen molar-refractivity contribution in [3.63, 3.8) is 0 Å². The average molecular weight is 460 g/mol. The van der Waals surface area contributed by atoms with Crippen LogP contribution in [0.2, 0.25) is 0 Å². The molecular weight excluding hydrogens is 426 g/mol. The number of benzene rings is 1. The Labute approximate surface area is 201 Å². The lowest BCUT2D eigenvalue weighted by molar-refractivity contribution is 0.166. The van der Waals surface area contributed by atoms with Crippen molar-refractivity contribution in [2.75, 3.05) is 12.4 Å². The largest absolute Gasteiger partial charge is 0.373 e. The molecule has 0 aliphatic carbocycles. The van der Waals surface area contributed by atoms with Gasteiger partial charge in [-0.25, -0.2) is 4.98 Å². The predicted molar refractivity (Wildman–Crippen MR) is 134 cm³/mol. The number of aryl methyl sites for hydroxylation is 1. The van der Waals surface area contributed by atoms with Gasteiger partial charge in [0.25, 0.3) is 5.89 Å². The summed E-state index contributed by atoms with van der Waals surface area (Å²) in [5, 5.41) is 11.9. The number of hydrogen-bond acceptors (Lipinski definition) is 7. The molecule has 0 aliphatic heterocycles. The van der Waals surface area contributed by atoms with Crippen LogP contribution in [0.3, 0.4) is 0 Å². The van der Waals surface area contributed by atoms with E-state index in [0.29, 0.717) is 36.0 Å². The molecule has 0 aliphatic rings. The highest BCUT2D eigenvalue weighted by atomic mass is 16.5. The van der Waals surface area contributed by atoms with Crippen LogP contribution in [-0.2, 0) is 13.1 Å². The number of pyridine rings is 1. The molecule has 1 N–H and O–H groups in total. The first kappa shape index (κ1) is 23.6. The van der Waals surface area contributed by atoms with Gasteiger partial charge in [0.2, 0.25) is 5.82 Å². The molecule has 8 nitrogen and oxygen atoms in total. The summed E-state index contributed by atoms with van der Waals surface area (Å²) in [4.78, 5) is 11.4. The molecule has 0 spiro atoms. The van der Waals surface area contributed by atoms with Crippen molar-refractivity contribution in [3.05, 3.63) is 65.5 Å². The summed E-state index contributed by atoms with van der Waals surface area (Å²) in [6, 6.07) is 15.3. The van der Waals surface area contributed by atoms with Crippen LogP contribution in [0.5, 0.6) is 0 Å². The van der Waals surface area contributed by atoms with E-state index in [2.05, 4.69) is 82.4 Å². The van der Waals surface area contributed by atoms with E-state index in [9.17, 15) is 0 Å². The van der Waals surface area contributed by atoms with E-state index in [4.69, 9.17) is 4.52 Å². The lowest BCUT2D eigenvalue weighted by Crippen LogP contribution is -2.36. The van der Waals surface area contributed by atoms with Gasteiger partial charge in [0.1, 0.15) is 5.82 Å². The first-order chi connectivity index (χ1) is 16.3. The summed E-state index contributed by atoms with van der Waals surface area (Å²) >= 11 is 0. The molecule has 0 bridgehead atoms. The van der Waals surface area contributed by atoms with E-state index in [1.165, 1.54) is 5.56 Å². The van der Waals surface area contributed by atoms with Crippen LogP contribution in [0, 0.1) is 6.92 Å². The summed E-state index contributed by atoms with van der Waals surface area (Å²) in [7, 11) is 1.85. The zero-order chi connectivity index (χ0) is 24.2. The van der Waals surface area contributed by atoms with E-state index >= 15 is 0 Å². The molecule has 0 radical (unpaired) electrons. The summed E-state index contributed by atoms with van der Waals surface area (Å²) in [6.07, 6.45) is 1.85. The van der Waals surface area contributed by atoms with Gasteiger partial charge in [-0.15, -0.1) is 0 Å². The van der Waals surface area contributed by atoms with Gasteiger partial charge in [0, 0.05) is 43.1 Å². The molecule has 0 atom stereocenters. The van der Waals surface area contributed by atoms with Crippen molar-refractivity contribution in [2.45, 2.75) is 59.8 Å². The summed E-state index contributed by atoms with van der Waals surface area (Å²) in [6.45, 7) is 12.5. The minimum absolute atomic E-state index is 0.412. The summed E-state index contributed by atoms with van der Waals surface area (Å²) < 4.78 is 7.46. The molecule has 4 aromatic rings. The first-order valence-corrected chi connectivity index (χ1v) is 11.7. The van der Waals surface area contributed by atoms with Crippen molar-refractivity contribution in [3.8, 4) is 23.0 Å². The van der Waals surface area contributed by atoms with Gasteiger partial charge in [-0.2, -0.15) is 10.1 Å². The Balaban J connectivity index is 1.47. The maximum atomic E-state index is 5.55. The second-order valence-corrected chi connectivity index (χ2v) is 9.11. The molecule has 0 saturated heterocycles. The molecule has 34 heavy (non-hydrogen) atoms. The van der Waals surface area contributed by atoms with Gasteiger partial charge < -0.3 is 9.84 Å². The fraction of sp³-hybridized carbons (Fsp3) is 0.385. The lowest BCUT2D eigenvalue weighted by Gasteiger charge is -2.30. The molecule has 1 aromatic carbocycles. The van der Waals surface area contributed by atoms with Crippen molar-refractivity contribution in [2.24, 2.45) is 0 Å². The van der Waals surface area contributed by atoms with Gasteiger partial charge >= 0.3 is 0 Å². The van der Waals surface area contributed by atoms with E-state index in [-0.39, 0.29) is 0 Å². The molecular formula is C26H33N7O. The number of hydrogen-bond donors (Lipinski definition) is 1. The summed E-state index contributed by atoms with van der Waals surface area (Å²) in [5.74, 6) is 1.81. The van der Waals surface area contributed by atoms with Gasteiger partial charge in [0.15, 0.2) is 5.69 Å². The van der Waals surface area contributed by atoms with Crippen molar-refractivity contribution >= 4 is 5.82 Å². The van der Waals surface area contributed by atoms with Crippen LogP contribution in [0.4, 0.5) is 5.82 Å². The molecule has 3 heterocycles. The molecule has 8 heteroatoms. The second-order valence-electron chi connectivity index (χ2n) is 9.11. The van der Waals surface area contributed by atoms with Crippen LogP contribution < -0.4 is 5.32 Å². The van der Waals surface area contributed by atoms with Crippen LogP contribution in [0.1, 0.15) is 44.5 Å². The first-order valence-electron chi connectivity index (χ1n) is 11.7. The predicted octanol–water partition coefficient (Wildman–Crippen LogP) is 5.01. The van der Waals surface area contributed by atoms with Crippen LogP contribution in [-0.4, -0.2) is 48.9 Å². The van der Waals surface area contributed by atoms with Gasteiger partial charge in [0.05, 0.1) is 6.54 Å². The van der Waals surface area contributed by atoms with Crippen molar-refractivity contribution in [1.82, 2.24) is 29.8 Å². The third kappa shape index (κ3) is 5.34. The number of anilines is 1. The standard InChI is InChI=1S/C26H33N7O/c1-17(2)32(18(3)4)15-20-7-10-22(11-8-20)25-29-26(34-31-25)23-13-19(5)33(30-23)16-21-9-12-24(27-6)28-14-21/h7-14,17-18H,15-16H2,1-6H3,(H,27,28). The monoisotopic (exact) mass is 459 g/mol. The maximum Gasteiger partial charge on any atom is 0.278 e.